The smallest absolute Gasteiger partial charge is 0.261 e. The van der Waals surface area contributed by atoms with Crippen LogP contribution in [0.4, 0.5) is 0 Å². The zero-order valence-corrected chi connectivity index (χ0v) is 21.0. The Labute approximate surface area is 209 Å². The lowest BCUT2D eigenvalue weighted by atomic mass is 9.81. The number of amides is 3. The largest absolute Gasteiger partial charge is 0.486 e. The fourth-order valence-electron chi connectivity index (χ4n) is 5.44. The number of benzene rings is 2. The number of piperidine rings is 1. The summed E-state index contributed by atoms with van der Waals surface area (Å²) in [4.78, 5) is 54.5. The third kappa shape index (κ3) is 3.64. The highest BCUT2D eigenvalue weighted by Gasteiger charge is 2.45. The first-order chi connectivity index (χ1) is 16.5. The van der Waals surface area contributed by atoms with E-state index in [1.54, 1.807) is 30.9 Å². The number of ether oxygens (including phenoxy) is 1. The molecule has 7 nitrogen and oxygen atoms in total. The van der Waals surface area contributed by atoms with Gasteiger partial charge in [0.2, 0.25) is 0 Å². The number of aryl methyl sites for hydroxylation is 1. The van der Waals surface area contributed by atoms with Crippen LogP contribution in [0, 0.1) is 13.8 Å². The van der Waals surface area contributed by atoms with Crippen molar-refractivity contribution in [1.29, 1.82) is 0 Å². The van der Waals surface area contributed by atoms with Crippen LogP contribution < -0.4 is 4.74 Å². The SMILES string of the molecule is Cc1cc2c(c(C)c1Cl)C(=O)CC1(CCN(C(=O)c3ccc4c(c3)C(=O)N(C(C)C)C4=O)CC1)O2. The molecule has 0 atom stereocenters. The number of nitrogens with zero attached hydrogens (tertiary/aromatic N) is 2. The van der Waals surface area contributed by atoms with Gasteiger partial charge >= 0.3 is 0 Å². The molecule has 0 aromatic heterocycles. The van der Waals surface area contributed by atoms with E-state index in [1.807, 2.05) is 19.9 Å². The summed E-state index contributed by atoms with van der Waals surface area (Å²) in [5.41, 5.74) is 2.49. The summed E-state index contributed by atoms with van der Waals surface area (Å²) in [5, 5.41) is 0.586. The van der Waals surface area contributed by atoms with Crippen LogP contribution in [0.3, 0.4) is 0 Å². The van der Waals surface area contributed by atoms with E-state index >= 15 is 0 Å². The van der Waals surface area contributed by atoms with Crippen molar-refractivity contribution < 1.29 is 23.9 Å². The van der Waals surface area contributed by atoms with Crippen LogP contribution in [0.1, 0.15) is 85.7 Å². The first-order valence-electron chi connectivity index (χ1n) is 11.9. The fraction of sp³-hybridized carbons (Fsp3) is 0.407. The van der Waals surface area contributed by atoms with Crippen LogP contribution in [0.25, 0.3) is 0 Å². The molecule has 1 saturated heterocycles. The number of hydrogen-bond acceptors (Lipinski definition) is 5. The summed E-state index contributed by atoms with van der Waals surface area (Å²) in [6.07, 6.45) is 1.30. The molecule has 3 aliphatic heterocycles. The second-order valence-electron chi connectivity index (χ2n) is 10.0. The average Bonchev–Trinajstić information content (AvgIpc) is 3.06. The highest BCUT2D eigenvalue weighted by atomic mass is 35.5. The van der Waals surface area contributed by atoms with Crippen LogP contribution in [0.15, 0.2) is 24.3 Å². The van der Waals surface area contributed by atoms with Crippen molar-refractivity contribution in [2.24, 2.45) is 0 Å². The third-order valence-electron chi connectivity index (χ3n) is 7.38. The summed E-state index contributed by atoms with van der Waals surface area (Å²) in [6, 6.07) is 6.26. The molecule has 3 heterocycles. The van der Waals surface area contributed by atoms with E-state index in [9.17, 15) is 19.2 Å². The molecule has 0 saturated carbocycles. The highest BCUT2D eigenvalue weighted by Crippen LogP contribution is 2.43. The Hall–Kier alpha value is -3.19. The summed E-state index contributed by atoms with van der Waals surface area (Å²) in [5.74, 6) is -0.318. The number of rotatable bonds is 2. The van der Waals surface area contributed by atoms with Crippen molar-refractivity contribution in [2.45, 2.75) is 58.6 Å². The molecule has 0 unspecified atom stereocenters. The molecule has 0 radical (unpaired) electrons. The van der Waals surface area contributed by atoms with Gasteiger partial charge < -0.3 is 9.64 Å². The van der Waals surface area contributed by atoms with Crippen molar-refractivity contribution in [3.8, 4) is 5.75 Å². The maximum absolute atomic E-state index is 13.3. The van der Waals surface area contributed by atoms with Gasteiger partial charge in [0.1, 0.15) is 11.4 Å². The van der Waals surface area contributed by atoms with Gasteiger partial charge in [-0.2, -0.15) is 0 Å². The first-order valence-corrected chi connectivity index (χ1v) is 12.2. The topological polar surface area (TPSA) is 84.0 Å². The molecule has 1 spiro atoms. The quantitative estimate of drug-likeness (QED) is 0.570. The third-order valence-corrected chi connectivity index (χ3v) is 7.96. The minimum absolute atomic E-state index is 0.0157. The van der Waals surface area contributed by atoms with Gasteiger partial charge in [-0.1, -0.05) is 11.6 Å². The van der Waals surface area contributed by atoms with Crippen molar-refractivity contribution in [3.05, 3.63) is 62.7 Å². The van der Waals surface area contributed by atoms with Crippen LogP contribution in [-0.2, 0) is 0 Å². The number of halogens is 1. The number of carbonyl (C=O) groups excluding carboxylic acids is 4. The standard InChI is InChI=1S/C27H27ClN2O5/c1-14(2)30-25(33)18-6-5-17(12-19(18)26(30)34)24(32)29-9-7-27(8-10-29)13-20(31)22-16(4)23(28)15(3)11-21(22)35-27/h5-6,11-12,14H,7-10,13H2,1-4H3. The lowest BCUT2D eigenvalue weighted by Gasteiger charge is -2.44. The molecule has 182 valence electrons. The number of likely N-dealkylation sites (tertiary alicyclic amines) is 1. The van der Waals surface area contributed by atoms with Gasteiger partial charge in [0.15, 0.2) is 5.78 Å². The normalized spacial score (nSPS) is 18.7. The Morgan fingerprint density at radius 3 is 2.34 bits per heavy atom. The number of fused-ring (bicyclic) bond motifs is 2. The second-order valence-corrected chi connectivity index (χ2v) is 10.4. The zero-order chi connectivity index (χ0) is 25.2. The van der Waals surface area contributed by atoms with E-state index in [1.165, 1.54) is 11.0 Å². The Balaban J connectivity index is 1.33. The molecule has 3 amide bonds. The molecule has 2 aromatic carbocycles. The van der Waals surface area contributed by atoms with E-state index in [0.717, 1.165) is 11.1 Å². The van der Waals surface area contributed by atoms with Crippen molar-refractivity contribution in [2.75, 3.05) is 13.1 Å². The maximum atomic E-state index is 13.3. The van der Waals surface area contributed by atoms with Gasteiger partial charge in [0, 0.05) is 42.6 Å². The maximum Gasteiger partial charge on any atom is 0.261 e. The molecule has 2 aromatic rings. The molecule has 0 N–H and O–H groups in total. The summed E-state index contributed by atoms with van der Waals surface area (Å²) >= 11 is 6.35. The van der Waals surface area contributed by atoms with Gasteiger partial charge in [-0.25, -0.2) is 0 Å². The highest BCUT2D eigenvalue weighted by molar-refractivity contribution is 6.32. The number of Topliss-reactive ketones (excluding diaryl/α,β-unsaturated/α-hetero) is 1. The van der Waals surface area contributed by atoms with E-state index in [2.05, 4.69) is 0 Å². The van der Waals surface area contributed by atoms with Gasteiger partial charge in [0.25, 0.3) is 17.7 Å². The van der Waals surface area contributed by atoms with Gasteiger partial charge in [0.05, 0.1) is 23.1 Å². The number of carbonyl (C=O) groups is 4. The lowest BCUT2D eigenvalue weighted by Crippen LogP contribution is -2.52. The fourth-order valence-corrected chi connectivity index (χ4v) is 5.59. The Bertz CT molecular complexity index is 1310. The predicted molar refractivity (Wildman–Crippen MR) is 130 cm³/mol. The van der Waals surface area contributed by atoms with E-state index in [-0.39, 0.29) is 41.5 Å². The average molecular weight is 495 g/mol. The van der Waals surface area contributed by atoms with Crippen LogP contribution in [0.2, 0.25) is 5.02 Å². The Morgan fingerprint density at radius 2 is 1.69 bits per heavy atom. The van der Waals surface area contributed by atoms with Crippen molar-refractivity contribution in [1.82, 2.24) is 9.80 Å². The molecule has 35 heavy (non-hydrogen) atoms. The molecule has 8 heteroatoms. The summed E-state index contributed by atoms with van der Waals surface area (Å²) in [6.45, 7) is 8.14. The second kappa shape index (κ2) is 8.19. The minimum atomic E-state index is -0.647. The Morgan fingerprint density at radius 1 is 1.03 bits per heavy atom. The molecular formula is C27H27ClN2O5. The van der Waals surface area contributed by atoms with E-state index in [4.69, 9.17) is 16.3 Å². The number of imide groups is 1. The molecule has 1 fully saturated rings. The van der Waals surface area contributed by atoms with Crippen LogP contribution in [0.5, 0.6) is 5.75 Å². The van der Waals surface area contributed by atoms with Crippen LogP contribution >= 0.6 is 11.6 Å². The number of hydrogen-bond donors (Lipinski definition) is 0. The minimum Gasteiger partial charge on any atom is -0.486 e. The van der Waals surface area contributed by atoms with Crippen molar-refractivity contribution >= 4 is 35.1 Å². The summed E-state index contributed by atoms with van der Waals surface area (Å²) in [7, 11) is 0. The summed E-state index contributed by atoms with van der Waals surface area (Å²) < 4.78 is 6.40. The predicted octanol–water partition coefficient (Wildman–Crippen LogP) is 4.60. The molecular weight excluding hydrogens is 468 g/mol. The molecule has 3 aliphatic rings. The Kier molecular flexibility index (Phi) is 5.51. The molecule has 5 rings (SSSR count). The van der Waals surface area contributed by atoms with Gasteiger partial charge in [-0.3, -0.25) is 24.1 Å². The van der Waals surface area contributed by atoms with Crippen LogP contribution in [-0.4, -0.2) is 58.0 Å². The molecule has 0 aliphatic carbocycles. The zero-order valence-electron chi connectivity index (χ0n) is 20.2. The van der Waals surface area contributed by atoms with E-state index in [0.29, 0.717) is 53.4 Å². The van der Waals surface area contributed by atoms with E-state index < -0.39 is 5.60 Å². The van der Waals surface area contributed by atoms with Gasteiger partial charge in [-0.05, 0) is 63.1 Å². The van der Waals surface area contributed by atoms with Gasteiger partial charge in [-0.15, -0.1) is 0 Å². The monoisotopic (exact) mass is 494 g/mol. The molecule has 0 bridgehead atoms. The lowest BCUT2D eigenvalue weighted by molar-refractivity contribution is -0.00583. The first kappa shape index (κ1) is 23.5. The van der Waals surface area contributed by atoms with Crippen molar-refractivity contribution in [3.63, 3.8) is 0 Å². The number of ketones is 1.